The smallest absolute Gasteiger partial charge is 0.237 e. The van der Waals surface area contributed by atoms with E-state index in [-0.39, 0.29) is 5.78 Å². The fraction of sp³-hybridized carbons (Fsp3) is 0.192. The summed E-state index contributed by atoms with van der Waals surface area (Å²) in [4.78, 5) is 21.8. The Balaban J connectivity index is 1.40. The molecule has 152 valence electrons. The van der Waals surface area contributed by atoms with Crippen molar-refractivity contribution >= 4 is 23.1 Å². The minimum Gasteiger partial charge on any atom is -0.474 e. The van der Waals surface area contributed by atoms with Gasteiger partial charge in [0.1, 0.15) is 12.3 Å². The van der Waals surface area contributed by atoms with E-state index in [2.05, 4.69) is 52.5 Å². The molecule has 3 aromatic rings. The minimum absolute atomic E-state index is 0.173. The molecule has 1 aromatic carbocycles. The first-order valence-electron chi connectivity index (χ1n) is 10.6. The molecule has 0 atom stereocenters. The summed E-state index contributed by atoms with van der Waals surface area (Å²) in [5.74, 6) is 0.832. The highest BCUT2D eigenvalue weighted by Gasteiger charge is 2.26. The summed E-state index contributed by atoms with van der Waals surface area (Å²) in [6.45, 7) is 3.49. The zero-order valence-electron chi connectivity index (χ0n) is 17.2. The van der Waals surface area contributed by atoms with Crippen LogP contribution < -0.4 is 10.1 Å². The first-order valence-corrected chi connectivity index (χ1v) is 10.6. The molecule has 0 bridgehead atoms. The normalized spacial score (nSPS) is 17.5. The van der Waals surface area contributed by atoms with Gasteiger partial charge in [-0.15, -0.1) is 0 Å². The van der Waals surface area contributed by atoms with Crippen LogP contribution in [0, 0.1) is 6.92 Å². The molecule has 1 N–H and O–H groups in total. The van der Waals surface area contributed by atoms with Crippen LogP contribution in [0.25, 0.3) is 22.8 Å². The number of fused-ring (bicyclic) bond motifs is 3. The van der Waals surface area contributed by atoms with Crippen LogP contribution in [-0.4, -0.2) is 28.9 Å². The number of nitrogens with one attached hydrogen (secondary N) is 1. The van der Waals surface area contributed by atoms with Crippen LogP contribution in [0.4, 0.5) is 5.69 Å². The molecule has 31 heavy (non-hydrogen) atoms. The van der Waals surface area contributed by atoms with Crippen molar-refractivity contribution in [3.63, 3.8) is 0 Å². The highest BCUT2D eigenvalue weighted by Crippen LogP contribution is 2.39. The lowest BCUT2D eigenvalue weighted by atomic mass is 9.96. The van der Waals surface area contributed by atoms with Gasteiger partial charge >= 0.3 is 0 Å². The third-order valence-electron chi connectivity index (χ3n) is 6.28. The fourth-order valence-corrected chi connectivity index (χ4v) is 4.69. The van der Waals surface area contributed by atoms with Gasteiger partial charge in [-0.05, 0) is 71.0 Å². The van der Waals surface area contributed by atoms with Crippen LogP contribution in [0.3, 0.4) is 0 Å². The van der Waals surface area contributed by atoms with Crippen molar-refractivity contribution in [2.45, 2.75) is 19.8 Å². The van der Waals surface area contributed by atoms with Crippen molar-refractivity contribution < 1.29 is 9.53 Å². The molecule has 0 unspecified atom stereocenters. The summed E-state index contributed by atoms with van der Waals surface area (Å²) < 4.78 is 5.66. The highest BCUT2D eigenvalue weighted by molar-refractivity contribution is 6.26. The first-order chi connectivity index (χ1) is 15.2. The quantitative estimate of drug-likeness (QED) is 0.638. The number of aromatic nitrogens is 2. The van der Waals surface area contributed by atoms with Crippen LogP contribution in [-0.2, 0) is 17.6 Å². The predicted octanol–water partition coefficient (Wildman–Crippen LogP) is 4.40. The lowest BCUT2D eigenvalue weighted by molar-refractivity contribution is -0.112. The van der Waals surface area contributed by atoms with Crippen molar-refractivity contribution in [2.75, 3.05) is 18.5 Å². The number of allylic oxidation sites excluding steroid dienone is 3. The second-order valence-corrected chi connectivity index (χ2v) is 8.23. The lowest BCUT2D eigenvalue weighted by Crippen LogP contribution is -2.20. The van der Waals surface area contributed by atoms with Crippen LogP contribution in [0.2, 0.25) is 0 Å². The number of Topliss-reactive ketones (excluding diaryl/α,β-unsaturated/α-hetero) is 1. The van der Waals surface area contributed by atoms with E-state index in [0.717, 1.165) is 63.3 Å². The van der Waals surface area contributed by atoms with Crippen LogP contribution in [0.1, 0.15) is 27.9 Å². The second kappa shape index (κ2) is 6.91. The highest BCUT2D eigenvalue weighted by atomic mass is 16.5. The Morgan fingerprint density at radius 2 is 2.03 bits per heavy atom. The molecule has 2 aliphatic carbocycles. The van der Waals surface area contributed by atoms with Crippen molar-refractivity contribution in [2.24, 2.45) is 0 Å². The van der Waals surface area contributed by atoms with E-state index in [1.807, 2.05) is 24.5 Å². The molecule has 5 nitrogen and oxygen atoms in total. The minimum atomic E-state index is 0.173. The third kappa shape index (κ3) is 2.96. The SMILES string of the molecule is Cc1c(-c2ccc3c(c2)/C(=C/C2=Cc4ncccc4C2)C(=O)C3)cnc2c1NCCO2. The number of ether oxygens (including phenoxy) is 1. The Kier molecular flexibility index (Phi) is 4.03. The molecule has 0 fully saturated rings. The summed E-state index contributed by atoms with van der Waals surface area (Å²) in [7, 11) is 0. The molecule has 6 rings (SSSR count). The number of pyridine rings is 2. The summed E-state index contributed by atoms with van der Waals surface area (Å²) in [5, 5.41) is 3.40. The Morgan fingerprint density at radius 3 is 2.94 bits per heavy atom. The number of nitrogens with zero attached hydrogens (tertiary/aromatic N) is 2. The van der Waals surface area contributed by atoms with E-state index in [1.165, 1.54) is 5.56 Å². The first kappa shape index (κ1) is 18.1. The van der Waals surface area contributed by atoms with Crippen molar-refractivity contribution in [3.8, 4) is 17.0 Å². The van der Waals surface area contributed by atoms with Crippen molar-refractivity contribution in [1.29, 1.82) is 0 Å². The standard InChI is InChI=1S/C26H21N3O2/c1-15-22(14-29-26-25(15)28-7-8-31-26)17-4-5-18-13-24(30)21(20(18)12-17)10-16-9-19-3-2-6-27-23(19)11-16/h2-6,10-12,14,28H,7-9,13H2,1H3/b21-10-. The number of hydrogen-bond donors (Lipinski definition) is 1. The Morgan fingerprint density at radius 1 is 1.10 bits per heavy atom. The molecule has 1 aliphatic heterocycles. The molecule has 5 heteroatoms. The monoisotopic (exact) mass is 407 g/mol. The van der Waals surface area contributed by atoms with Gasteiger partial charge in [-0.3, -0.25) is 9.78 Å². The second-order valence-electron chi connectivity index (χ2n) is 8.23. The van der Waals surface area contributed by atoms with Crippen LogP contribution in [0.5, 0.6) is 5.88 Å². The summed E-state index contributed by atoms with van der Waals surface area (Å²) in [6.07, 6.45) is 9.08. The predicted molar refractivity (Wildman–Crippen MR) is 121 cm³/mol. The molecule has 3 aliphatic rings. The average molecular weight is 407 g/mol. The maximum absolute atomic E-state index is 12.8. The van der Waals surface area contributed by atoms with Crippen LogP contribution >= 0.6 is 0 Å². The average Bonchev–Trinajstić information content (AvgIpc) is 3.34. The molecular weight excluding hydrogens is 386 g/mol. The van der Waals surface area contributed by atoms with E-state index in [1.54, 1.807) is 0 Å². The van der Waals surface area contributed by atoms with Gasteiger partial charge in [0.2, 0.25) is 5.88 Å². The lowest BCUT2D eigenvalue weighted by Gasteiger charge is -2.21. The zero-order valence-corrected chi connectivity index (χ0v) is 17.2. The van der Waals surface area contributed by atoms with E-state index in [9.17, 15) is 4.79 Å². The van der Waals surface area contributed by atoms with Gasteiger partial charge in [0, 0.05) is 36.5 Å². The Hall–Kier alpha value is -3.73. The summed E-state index contributed by atoms with van der Waals surface area (Å²) >= 11 is 0. The number of ketones is 1. The molecule has 0 spiro atoms. The number of carbonyl (C=O) groups excluding carboxylic acids is 1. The van der Waals surface area contributed by atoms with E-state index in [4.69, 9.17) is 4.74 Å². The Labute approximate surface area is 180 Å². The van der Waals surface area contributed by atoms with E-state index >= 15 is 0 Å². The molecule has 0 saturated carbocycles. The van der Waals surface area contributed by atoms with Gasteiger partial charge in [-0.2, -0.15) is 0 Å². The van der Waals surface area contributed by atoms with Gasteiger partial charge < -0.3 is 10.1 Å². The third-order valence-corrected chi connectivity index (χ3v) is 6.28. The number of benzene rings is 1. The largest absolute Gasteiger partial charge is 0.474 e. The molecule has 2 aromatic heterocycles. The number of anilines is 1. The van der Waals surface area contributed by atoms with Gasteiger partial charge in [-0.1, -0.05) is 18.2 Å². The number of rotatable bonds is 2. The van der Waals surface area contributed by atoms with Crippen molar-refractivity contribution in [3.05, 3.63) is 82.3 Å². The zero-order chi connectivity index (χ0) is 20.9. The van der Waals surface area contributed by atoms with Crippen molar-refractivity contribution in [1.82, 2.24) is 9.97 Å². The van der Waals surface area contributed by atoms with Gasteiger partial charge in [0.05, 0.1) is 5.69 Å². The van der Waals surface area contributed by atoms with E-state index in [0.29, 0.717) is 18.9 Å². The maximum atomic E-state index is 12.8. The molecule has 0 amide bonds. The molecule has 0 radical (unpaired) electrons. The van der Waals surface area contributed by atoms with Gasteiger partial charge in [-0.25, -0.2) is 4.98 Å². The molecule has 3 heterocycles. The molecular formula is C26H21N3O2. The number of carbonyl (C=O) groups is 1. The van der Waals surface area contributed by atoms with E-state index < -0.39 is 0 Å². The summed E-state index contributed by atoms with van der Waals surface area (Å²) in [6, 6.07) is 10.3. The molecule has 0 saturated heterocycles. The fourth-order valence-electron chi connectivity index (χ4n) is 4.69. The van der Waals surface area contributed by atoms with Crippen LogP contribution in [0.15, 0.2) is 54.4 Å². The topological polar surface area (TPSA) is 64.1 Å². The van der Waals surface area contributed by atoms with Gasteiger partial charge in [0.15, 0.2) is 5.78 Å². The Bertz CT molecular complexity index is 1320. The number of hydrogen-bond acceptors (Lipinski definition) is 5. The van der Waals surface area contributed by atoms with Gasteiger partial charge in [0.25, 0.3) is 0 Å². The maximum Gasteiger partial charge on any atom is 0.237 e. The summed E-state index contributed by atoms with van der Waals surface area (Å²) in [5.41, 5.74) is 10.4.